The van der Waals surface area contributed by atoms with Crippen LogP contribution in [-0.2, 0) is 0 Å². The topological polar surface area (TPSA) is 52.4 Å². The number of hydrogen-bond donors (Lipinski definition) is 0. The fourth-order valence-corrected chi connectivity index (χ4v) is 3.28. The second-order valence-corrected chi connectivity index (χ2v) is 5.97. The molecule has 0 unspecified atom stereocenters. The van der Waals surface area contributed by atoms with E-state index < -0.39 is 4.92 Å². The molecule has 1 aromatic rings. The van der Waals surface area contributed by atoms with Gasteiger partial charge < -0.3 is 4.74 Å². The van der Waals surface area contributed by atoms with E-state index in [1.807, 2.05) is 0 Å². The van der Waals surface area contributed by atoms with Crippen LogP contribution < -0.4 is 4.74 Å². The summed E-state index contributed by atoms with van der Waals surface area (Å²) in [6.07, 6.45) is 4.64. The predicted molar refractivity (Wildman–Crippen MR) is 78.3 cm³/mol. The van der Waals surface area contributed by atoms with Crippen LogP contribution in [0, 0.1) is 15.5 Å². The second kappa shape index (κ2) is 6.09. The van der Waals surface area contributed by atoms with E-state index in [0.717, 1.165) is 18.2 Å². The number of halogens is 2. The standard InChI is InChI=1S/C13H15BrClNO3/c14-8-13(5-1-2-6-13)9-19-12-7-10(16(17)18)3-4-11(12)15/h3-4,7H,1-2,5-6,8-9H2. The molecule has 1 fully saturated rings. The lowest BCUT2D eigenvalue weighted by Gasteiger charge is -2.26. The number of nitro benzene ring substituents is 1. The van der Waals surface area contributed by atoms with E-state index in [4.69, 9.17) is 16.3 Å². The van der Waals surface area contributed by atoms with Crippen molar-refractivity contribution in [2.24, 2.45) is 5.41 Å². The van der Waals surface area contributed by atoms with Crippen molar-refractivity contribution < 1.29 is 9.66 Å². The lowest BCUT2D eigenvalue weighted by Crippen LogP contribution is -2.27. The molecule has 0 amide bonds. The van der Waals surface area contributed by atoms with E-state index in [-0.39, 0.29) is 11.1 Å². The third-order valence-corrected chi connectivity index (χ3v) is 5.11. The molecule has 1 saturated carbocycles. The molecule has 6 heteroatoms. The predicted octanol–water partition coefficient (Wildman–Crippen LogP) is 4.58. The van der Waals surface area contributed by atoms with Crippen LogP contribution in [0.5, 0.6) is 5.75 Å². The van der Waals surface area contributed by atoms with E-state index in [1.54, 1.807) is 0 Å². The molecule has 2 rings (SSSR count). The molecule has 0 aromatic heterocycles. The van der Waals surface area contributed by atoms with E-state index in [0.29, 0.717) is 17.4 Å². The molecule has 1 aliphatic carbocycles. The highest BCUT2D eigenvalue weighted by Gasteiger charge is 2.33. The maximum Gasteiger partial charge on any atom is 0.273 e. The van der Waals surface area contributed by atoms with Crippen molar-refractivity contribution >= 4 is 33.2 Å². The van der Waals surface area contributed by atoms with Gasteiger partial charge in [-0.3, -0.25) is 10.1 Å². The summed E-state index contributed by atoms with van der Waals surface area (Å²) in [4.78, 5) is 10.3. The first kappa shape index (κ1) is 14.6. The molecule has 19 heavy (non-hydrogen) atoms. The molecule has 0 aliphatic heterocycles. The molecule has 0 radical (unpaired) electrons. The van der Waals surface area contributed by atoms with Gasteiger partial charge in [-0.1, -0.05) is 40.4 Å². The number of hydrogen-bond acceptors (Lipinski definition) is 3. The maximum absolute atomic E-state index is 10.7. The van der Waals surface area contributed by atoms with Gasteiger partial charge in [0.1, 0.15) is 5.75 Å². The molecule has 0 spiro atoms. The van der Waals surface area contributed by atoms with Crippen molar-refractivity contribution in [1.29, 1.82) is 0 Å². The number of alkyl halides is 1. The number of non-ortho nitro benzene ring substituents is 1. The minimum atomic E-state index is -0.445. The van der Waals surface area contributed by atoms with Crippen molar-refractivity contribution in [3.63, 3.8) is 0 Å². The van der Waals surface area contributed by atoms with Gasteiger partial charge in [0.05, 0.1) is 22.6 Å². The van der Waals surface area contributed by atoms with Gasteiger partial charge in [0.25, 0.3) is 5.69 Å². The van der Waals surface area contributed by atoms with Crippen molar-refractivity contribution in [1.82, 2.24) is 0 Å². The molecule has 4 nitrogen and oxygen atoms in total. The van der Waals surface area contributed by atoms with Crippen LogP contribution in [0.1, 0.15) is 25.7 Å². The molecule has 1 aliphatic rings. The Bertz CT molecular complexity index is 475. The van der Waals surface area contributed by atoms with Crippen LogP contribution in [0.2, 0.25) is 5.02 Å². The summed E-state index contributed by atoms with van der Waals surface area (Å²) in [6.45, 7) is 0.541. The summed E-state index contributed by atoms with van der Waals surface area (Å²) in [7, 11) is 0. The normalized spacial score (nSPS) is 17.4. The zero-order valence-electron chi connectivity index (χ0n) is 10.4. The highest BCUT2D eigenvalue weighted by atomic mass is 79.9. The highest BCUT2D eigenvalue weighted by molar-refractivity contribution is 9.09. The summed E-state index contributed by atoms with van der Waals surface area (Å²) >= 11 is 9.56. The van der Waals surface area contributed by atoms with Crippen molar-refractivity contribution in [3.05, 3.63) is 33.3 Å². The van der Waals surface area contributed by atoms with Gasteiger partial charge in [-0.15, -0.1) is 0 Å². The Hall–Kier alpha value is -0.810. The van der Waals surface area contributed by atoms with Crippen LogP contribution in [0.3, 0.4) is 0 Å². The average Bonchev–Trinajstić information content (AvgIpc) is 2.87. The van der Waals surface area contributed by atoms with Gasteiger partial charge in [0.15, 0.2) is 0 Å². The fourth-order valence-electron chi connectivity index (χ4n) is 2.39. The van der Waals surface area contributed by atoms with E-state index in [2.05, 4.69) is 15.9 Å². The lowest BCUT2D eigenvalue weighted by atomic mass is 9.90. The summed E-state index contributed by atoms with van der Waals surface area (Å²) in [5, 5.41) is 12.0. The molecule has 0 bridgehead atoms. The maximum atomic E-state index is 10.7. The first-order valence-electron chi connectivity index (χ1n) is 6.19. The van der Waals surface area contributed by atoms with Gasteiger partial charge in [-0.2, -0.15) is 0 Å². The summed E-state index contributed by atoms with van der Waals surface area (Å²) in [6, 6.07) is 4.27. The summed E-state index contributed by atoms with van der Waals surface area (Å²) < 4.78 is 5.74. The zero-order valence-corrected chi connectivity index (χ0v) is 12.7. The van der Waals surface area contributed by atoms with Crippen LogP contribution in [-0.4, -0.2) is 16.9 Å². The molecule has 1 aromatic carbocycles. The molecule has 104 valence electrons. The minimum absolute atomic E-state index is 0.00119. The fraction of sp³-hybridized carbons (Fsp3) is 0.538. The number of nitro groups is 1. The quantitative estimate of drug-likeness (QED) is 0.444. The van der Waals surface area contributed by atoms with Gasteiger partial charge in [-0.25, -0.2) is 0 Å². The minimum Gasteiger partial charge on any atom is -0.491 e. The first-order valence-corrected chi connectivity index (χ1v) is 7.69. The molecule has 0 saturated heterocycles. The summed E-state index contributed by atoms with van der Waals surface area (Å²) in [5.41, 5.74) is 0.132. The van der Waals surface area contributed by atoms with Crippen molar-refractivity contribution in [3.8, 4) is 5.75 Å². The first-order chi connectivity index (χ1) is 9.06. The zero-order chi connectivity index (χ0) is 13.9. The van der Waals surface area contributed by atoms with Crippen LogP contribution in [0.4, 0.5) is 5.69 Å². The molecule has 0 heterocycles. The number of benzene rings is 1. The number of ether oxygens (including phenoxy) is 1. The molecule has 0 atom stereocenters. The molecular formula is C13H15BrClNO3. The van der Waals surface area contributed by atoms with Gasteiger partial charge in [0, 0.05) is 16.8 Å². The highest BCUT2D eigenvalue weighted by Crippen LogP contribution is 2.40. The number of nitrogens with zero attached hydrogens (tertiary/aromatic N) is 1. The van der Waals surface area contributed by atoms with Crippen LogP contribution >= 0.6 is 27.5 Å². The average molecular weight is 349 g/mol. The summed E-state index contributed by atoms with van der Waals surface area (Å²) in [5.74, 6) is 0.392. The third kappa shape index (κ3) is 3.39. The van der Waals surface area contributed by atoms with Crippen LogP contribution in [0.15, 0.2) is 18.2 Å². The van der Waals surface area contributed by atoms with E-state index >= 15 is 0 Å². The Balaban J connectivity index is 2.10. The van der Waals surface area contributed by atoms with Gasteiger partial charge in [0.2, 0.25) is 0 Å². The Kier molecular flexibility index (Phi) is 4.68. The molecule has 0 N–H and O–H groups in total. The Labute approximate surface area is 125 Å². The van der Waals surface area contributed by atoms with Crippen LogP contribution in [0.25, 0.3) is 0 Å². The Morgan fingerprint density at radius 1 is 1.42 bits per heavy atom. The second-order valence-electron chi connectivity index (χ2n) is 5.00. The molecular weight excluding hydrogens is 334 g/mol. The van der Waals surface area contributed by atoms with Gasteiger partial charge >= 0.3 is 0 Å². The third-order valence-electron chi connectivity index (χ3n) is 3.61. The SMILES string of the molecule is O=[N+]([O-])c1ccc(Cl)c(OCC2(CBr)CCCC2)c1. The number of rotatable bonds is 5. The Morgan fingerprint density at radius 2 is 2.11 bits per heavy atom. The van der Waals surface area contributed by atoms with Gasteiger partial charge in [-0.05, 0) is 18.9 Å². The van der Waals surface area contributed by atoms with Crippen molar-refractivity contribution in [2.75, 3.05) is 11.9 Å². The monoisotopic (exact) mass is 347 g/mol. The van der Waals surface area contributed by atoms with E-state index in [9.17, 15) is 10.1 Å². The van der Waals surface area contributed by atoms with E-state index in [1.165, 1.54) is 31.0 Å². The smallest absolute Gasteiger partial charge is 0.273 e. The Morgan fingerprint density at radius 3 is 2.68 bits per heavy atom. The lowest BCUT2D eigenvalue weighted by molar-refractivity contribution is -0.384. The van der Waals surface area contributed by atoms with Crippen molar-refractivity contribution in [2.45, 2.75) is 25.7 Å². The largest absolute Gasteiger partial charge is 0.491 e.